The molecule has 0 radical (unpaired) electrons. The molecule has 0 aliphatic heterocycles. The number of likely N-dealkylation sites (N-methyl/N-ethyl adjacent to an activating group) is 2. The molecule has 4 N–H and O–H groups in total. The maximum Gasteiger partial charge on any atom is 0.237 e. The van der Waals surface area contributed by atoms with Gasteiger partial charge in [0.1, 0.15) is 6.04 Å². The van der Waals surface area contributed by atoms with Crippen molar-refractivity contribution in [2.75, 3.05) is 27.7 Å². The minimum atomic E-state index is -0.875. The smallest absolute Gasteiger partial charge is 0.237 e. The summed E-state index contributed by atoms with van der Waals surface area (Å²) in [5, 5.41) is 19.5. The number of rotatable bonds is 21. The van der Waals surface area contributed by atoms with Crippen molar-refractivity contribution in [3.8, 4) is 0 Å². The van der Waals surface area contributed by atoms with Gasteiger partial charge in [0.15, 0.2) is 5.78 Å². The van der Waals surface area contributed by atoms with Crippen LogP contribution in [0.15, 0.2) is 12.2 Å². The average molecular weight is 597 g/mol. The first kappa shape index (κ1) is 42.2. The van der Waals surface area contributed by atoms with Crippen LogP contribution in [-0.2, 0) is 19.2 Å². The van der Waals surface area contributed by atoms with Crippen LogP contribution in [0.2, 0.25) is 0 Å². The van der Waals surface area contributed by atoms with Gasteiger partial charge in [-0.3, -0.25) is 24.1 Å². The summed E-state index contributed by atoms with van der Waals surface area (Å²) in [6.45, 7) is 18.4. The summed E-state index contributed by atoms with van der Waals surface area (Å²) < 4.78 is 0. The molecule has 0 aromatic heterocycles. The Morgan fingerprint density at radius 3 is 1.95 bits per heavy atom. The molecule has 0 rings (SSSR count). The molecule has 0 bridgehead atoms. The maximum atomic E-state index is 12.6. The molecule has 0 heterocycles. The number of amides is 1. The van der Waals surface area contributed by atoms with Gasteiger partial charge in [-0.15, -0.1) is 0 Å². The van der Waals surface area contributed by atoms with Gasteiger partial charge in [0, 0.05) is 6.42 Å². The lowest BCUT2D eigenvalue weighted by molar-refractivity contribution is -0.143. The number of ketones is 3. The van der Waals surface area contributed by atoms with E-state index in [2.05, 4.69) is 36.7 Å². The Balaban J connectivity index is 0. The number of aliphatic hydroxyl groups is 1. The molecule has 0 saturated carbocycles. The highest BCUT2D eigenvalue weighted by Crippen LogP contribution is 2.17. The first-order valence-corrected chi connectivity index (χ1v) is 15.9. The van der Waals surface area contributed by atoms with Crippen molar-refractivity contribution in [3.05, 3.63) is 12.2 Å². The summed E-state index contributed by atoms with van der Waals surface area (Å²) in [6.07, 6.45) is 7.79. The van der Waals surface area contributed by atoms with Crippen molar-refractivity contribution in [2.24, 2.45) is 17.8 Å². The number of hydrogen-bond donors (Lipinski definition) is 4. The van der Waals surface area contributed by atoms with E-state index >= 15 is 0 Å². The van der Waals surface area contributed by atoms with Crippen molar-refractivity contribution >= 4 is 23.3 Å². The van der Waals surface area contributed by atoms with Gasteiger partial charge in [-0.25, -0.2) is 0 Å². The van der Waals surface area contributed by atoms with E-state index < -0.39 is 29.8 Å². The summed E-state index contributed by atoms with van der Waals surface area (Å²) in [5.41, 5.74) is 0. The Hall–Kier alpha value is -1.94. The van der Waals surface area contributed by atoms with Crippen molar-refractivity contribution in [1.29, 1.82) is 0 Å². The standard InChI is InChI=1S/C18H34N2O3.C15H30N2O2/c1-7-9-11-13(3)16(21)15(20(5)6)18(23)17(22)14(4)19-12-10-8-2;1-7-8-13(18)14(11(4)5)17-15(19)12(16-6)9-10(2)3/h7,9,13-16,19,21H,8,10-12H2,1-6H3;10-12,14,16H,7-9H2,1-6H3,(H,17,19)/b9-7+;/t13-,14-,15?,16-;12-,14-/m10/s1. The molecule has 6 atom stereocenters. The number of carbonyl (C=O) groups excluding carboxylic acids is 4. The second kappa shape index (κ2) is 23.5. The van der Waals surface area contributed by atoms with E-state index in [1.807, 2.05) is 46.8 Å². The van der Waals surface area contributed by atoms with Crippen LogP contribution in [0.5, 0.6) is 0 Å². The average Bonchev–Trinajstić information content (AvgIpc) is 2.92. The SMILES string of the molecule is C/C=C/C[C@@H](C)[C@@H](O)C(C(=O)C(=O)[C@@H](C)NCCCC)N(C)C.CCCC(=O)[C@@H](NC(=O)[C@H](CC(C)C)NC)C(C)C. The zero-order valence-corrected chi connectivity index (χ0v) is 28.8. The molecule has 246 valence electrons. The monoisotopic (exact) mass is 596 g/mol. The first-order valence-electron chi connectivity index (χ1n) is 15.9. The van der Waals surface area contributed by atoms with Crippen molar-refractivity contribution < 1.29 is 24.3 Å². The lowest BCUT2D eigenvalue weighted by Crippen LogP contribution is -2.53. The second-order valence-corrected chi connectivity index (χ2v) is 12.4. The van der Waals surface area contributed by atoms with E-state index in [0.29, 0.717) is 25.3 Å². The van der Waals surface area contributed by atoms with Crippen LogP contribution >= 0.6 is 0 Å². The maximum absolute atomic E-state index is 12.6. The van der Waals surface area contributed by atoms with E-state index in [4.69, 9.17) is 0 Å². The van der Waals surface area contributed by atoms with Gasteiger partial charge in [0.2, 0.25) is 17.5 Å². The number of aliphatic hydroxyl groups excluding tert-OH is 1. The van der Waals surface area contributed by atoms with Crippen LogP contribution in [0, 0.1) is 17.8 Å². The molecule has 1 unspecified atom stereocenters. The Bertz CT molecular complexity index is 812. The number of nitrogens with zero attached hydrogens (tertiary/aromatic N) is 1. The number of hydrogen-bond acceptors (Lipinski definition) is 8. The molecule has 0 aromatic rings. The molecule has 0 aliphatic carbocycles. The zero-order chi connectivity index (χ0) is 33.0. The molecular formula is C33H64N4O5. The van der Waals surface area contributed by atoms with Gasteiger partial charge < -0.3 is 21.1 Å². The predicted molar refractivity (Wildman–Crippen MR) is 173 cm³/mol. The fraction of sp³-hybridized carbons (Fsp3) is 0.818. The molecular weight excluding hydrogens is 532 g/mol. The highest BCUT2D eigenvalue weighted by atomic mass is 16.3. The fourth-order valence-electron chi connectivity index (χ4n) is 4.55. The highest BCUT2D eigenvalue weighted by Gasteiger charge is 2.37. The minimum Gasteiger partial charge on any atom is -0.391 e. The number of allylic oxidation sites excluding steroid dienone is 2. The third-order valence-corrected chi connectivity index (χ3v) is 7.27. The molecule has 9 heteroatoms. The number of Topliss-reactive ketones (excluding diaryl/α,β-unsaturated/α-hetero) is 3. The number of nitrogens with one attached hydrogen (secondary N) is 3. The lowest BCUT2D eigenvalue weighted by Gasteiger charge is -2.31. The van der Waals surface area contributed by atoms with Crippen LogP contribution < -0.4 is 16.0 Å². The van der Waals surface area contributed by atoms with E-state index in [1.54, 1.807) is 33.0 Å². The molecule has 9 nitrogen and oxygen atoms in total. The number of carbonyl (C=O) groups is 4. The molecule has 0 saturated heterocycles. The van der Waals surface area contributed by atoms with Gasteiger partial charge in [0.25, 0.3) is 0 Å². The molecule has 0 spiro atoms. The molecule has 1 amide bonds. The fourth-order valence-corrected chi connectivity index (χ4v) is 4.55. The second-order valence-electron chi connectivity index (χ2n) is 12.4. The minimum absolute atomic E-state index is 0.0700. The largest absolute Gasteiger partial charge is 0.391 e. The summed E-state index contributed by atoms with van der Waals surface area (Å²) in [7, 11) is 5.22. The first-order chi connectivity index (χ1) is 19.6. The van der Waals surface area contributed by atoms with Gasteiger partial charge >= 0.3 is 0 Å². The van der Waals surface area contributed by atoms with Gasteiger partial charge in [0.05, 0.1) is 24.2 Å². The Kier molecular flexibility index (Phi) is 23.6. The Labute approximate surface area is 257 Å². The van der Waals surface area contributed by atoms with Crippen LogP contribution in [0.1, 0.15) is 101 Å². The highest BCUT2D eigenvalue weighted by molar-refractivity contribution is 6.41. The quantitative estimate of drug-likeness (QED) is 0.0892. The molecule has 0 aromatic carbocycles. The zero-order valence-electron chi connectivity index (χ0n) is 28.8. The van der Waals surface area contributed by atoms with E-state index in [9.17, 15) is 24.3 Å². The molecule has 42 heavy (non-hydrogen) atoms. The van der Waals surface area contributed by atoms with E-state index in [1.165, 1.54) is 0 Å². The summed E-state index contributed by atoms with van der Waals surface area (Å²) in [5.74, 6) is -0.460. The van der Waals surface area contributed by atoms with Gasteiger partial charge in [-0.05, 0) is 85.0 Å². The Morgan fingerprint density at radius 1 is 0.929 bits per heavy atom. The van der Waals surface area contributed by atoms with Gasteiger partial charge in [-0.2, -0.15) is 0 Å². The summed E-state index contributed by atoms with van der Waals surface area (Å²) >= 11 is 0. The normalized spacial score (nSPS) is 16.0. The Morgan fingerprint density at radius 2 is 1.52 bits per heavy atom. The summed E-state index contributed by atoms with van der Waals surface area (Å²) in [4.78, 5) is 50.8. The lowest BCUT2D eigenvalue weighted by atomic mass is 9.89. The van der Waals surface area contributed by atoms with E-state index in [0.717, 1.165) is 25.7 Å². The third-order valence-electron chi connectivity index (χ3n) is 7.27. The number of unbranched alkanes of at least 4 members (excludes halogenated alkanes) is 1. The van der Waals surface area contributed by atoms with Crippen LogP contribution in [0.4, 0.5) is 0 Å². The van der Waals surface area contributed by atoms with Crippen LogP contribution in [0.3, 0.4) is 0 Å². The van der Waals surface area contributed by atoms with Crippen LogP contribution in [-0.4, -0.2) is 91.2 Å². The van der Waals surface area contributed by atoms with Gasteiger partial charge in [-0.1, -0.05) is 67.0 Å². The summed E-state index contributed by atoms with van der Waals surface area (Å²) in [6, 6.07) is -1.92. The predicted octanol–water partition coefficient (Wildman–Crippen LogP) is 3.93. The molecule has 0 aliphatic rings. The van der Waals surface area contributed by atoms with Crippen molar-refractivity contribution in [1.82, 2.24) is 20.9 Å². The third kappa shape index (κ3) is 16.6. The molecule has 0 fully saturated rings. The van der Waals surface area contributed by atoms with Crippen molar-refractivity contribution in [2.45, 2.75) is 131 Å². The topological polar surface area (TPSA) is 128 Å². The van der Waals surface area contributed by atoms with E-state index in [-0.39, 0.29) is 35.6 Å². The van der Waals surface area contributed by atoms with Crippen LogP contribution in [0.25, 0.3) is 0 Å². The van der Waals surface area contributed by atoms with Crippen molar-refractivity contribution in [3.63, 3.8) is 0 Å².